The van der Waals surface area contributed by atoms with E-state index in [9.17, 15) is 4.79 Å². The third kappa shape index (κ3) is 8.64. The molecule has 1 N–H and O–H groups in total. The van der Waals surface area contributed by atoms with Crippen LogP contribution in [0.2, 0.25) is 0 Å². The molecule has 0 unspecified atom stereocenters. The number of aliphatic hydroxyl groups excluding tert-OH is 1. The number of carbonyl (C=O) groups is 1. The predicted molar refractivity (Wildman–Crippen MR) is 102 cm³/mol. The van der Waals surface area contributed by atoms with Gasteiger partial charge in [-0.3, -0.25) is 4.79 Å². The van der Waals surface area contributed by atoms with E-state index in [0.717, 1.165) is 36.8 Å². The van der Waals surface area contributed by atoms with Crippen molar-refractivity contribution in [3.05, 3.63) is 70.8 Å². The summed E-state index contributed by atoms with van der Waals surface area (Å²) in [4.78, 5) is 12.1. The van der Waals surface area contributed by atoms with Crippen LogP contribution >= 0.6 is 0 Å². The van der Waals surface area contributed by atoms with Gasteiger partial charge in [0.1, 0.15) is 0 Å². The van der Waals surface area contributed by atoms with E-state index in [4.69, 9.17) is 5.11 Å². The van der Waals surface area contributed by atoms with Gasteiger partial charge in [0.2, 0.25) is 0 Å². The minimum atomic E-state index is 0.125. The van der Waals surface area contributed by atoms with E-state index in [2.05, 4.69) is 26.0 Å². The second-order valence-electron chi connectivity index (χ2n) is 6.38. The van der Waals surface area contributed by atoms with Gasteiger partial charge in [-0.2, -0.15) is 0 Å². The van der Waals surface area contributed by atoms with E-state index < -0.39 is 0 Å². The van der Waals surface area contributed by atoms with Gasteiger partial charge >= 0.3 is 0 Å². The standard InChI is InChI=1S/C22H30O2/c1-18(9-7-11-19(2)15-16-23)10-8-12-20(3)17-22(24)21-13-5-4-6-14-21/h4-6,9,12-15,23H,7-8,10-11,16-17H2,1-3H3. The Morgan fingerprint density at radius 1 is 0.875 bits per heavy atom. The number of rotatable bonds is 10. The molecular weight excluding hydrogens is 296 g/mol. The summed E-state index contributed by atoms with van der Waals surface area (Å²) in [6.07, 6.45) is 10.8. The highest BCUT2D eigenvalue weighted by molar-refractivity contribution is 5.97. The number of aliphatic hydroxyl groups is 1. The first-order valence-corrected chi connectivity index (χ1v) is 8.69. The molecule has 0 aliphatic heterocycles. The Hall–Kier alpha value is -1.93. The highest BCUT2D eigenvalue weighted by Gasteiger charge is 2.05. The molecule has 0 amide bonds. The maximum absolute atomic E-state index is 12.1. The monoisotopic (exact) mass is 326 g/mol. The summed E-state index contributed by atoms with van der Waals surface area (Å²) in [5.74, 6) is 0.183. The molecule has 0 saturated carbocycles. The summed E-state index contributed by atoms with van der Waals surface area (Å²) in [7, 11) is 0. The fraction of sp³-hybridized carbons (Fsp3) is 0.409. The molecule has 0 spiro atoms. The Labute approximate surface area is 146 Å². The van der Waals surface area contributed by atoms with Crippen LogP contribution in [0.3, 0.4) is 0 Å². The van der Waals surface area contributed by atoms with Gasteiger partial charge in [-0.05, 0) is 46.5 Å². The largest absolute Gasteiger partial charge is 0.392 e. The fourth-order valence-corrected chi connectivity index (χ4v) is 2.50. The van der Waals surface area contributed by atoms with Crippen molar-refractivity contribution < 1.29 is 9.90 Å². The van der Waals surface area contributed by atoms with Crippen molar-refractivity contribution in [3.63, 3.8) is 0 Å². The molecular formula is C22H30O2. The zero-order chi connectivity index (χ0) is 17.8. The van der Waals surface area contributed by atoms with Gasteiger partial charge in [0.25, 0.3) is 0 Å². The van der Waals surface area contributed by atoms with Crippen molar-refractivity contribution in [2.45, 2.75) is 52.9 Å². The number of carbonyl (C=O) groups excluding carboxylic acids is 1. The second-order valence-corrected chi connectivity index (χ2v) is 6.38. The molecule has 0 bridgehead atoms. The molecule has 2 heteroatoms. The summed E-state index contributed by atoms with van der Waals surface area (Å²) in [6.45, 7) is 6.36. The SMILES string of the molecule is CC(=CCO)CCC=C(C)CCC=C(C)CC(=O)c1ccccc1. The molecule has 1 rings (SSSR count). The van der Waals surface area contributed by atoms with Gasteiger partial charge in [0, 0.05) is 12.0 Å². The third-order valence-corrected chi connectivity index (χ3v) is 4.04. The first-order chi connectivity index (χ1) is 11.5. The lowest BCUT2D eigenvalue weighted by atomic mass is 10.0. The zero-order valence-electron chi connectivity index (χ0n) is 15.2. The number of benzene rings is 1. The van der Waals surface area contributed by atoms with E-state index in [1.165, 1.54) is 11.1 Å². The van der Waals surface area contributed by atoms with E-state index in [0.29, 0.717) is 6.42 Å². The van der Waals surface area contributed by atoms with Crippen LogP contribution in [0.5, 0.6) is 0 Å². The molecule has 24 heavy (non-hydrogen) atoms. The molecule has 0 aliphatic rings. The molecule has 1 aromatic rings. The number of Topliss-reactive ketones (excluding diaryl/α,β-unsaturated/α-hetero) is 1. The highest BCUT2D eigenvalue weighted by Crippen LogP contribution is 2.13. The van der Waals surface area contributed by atoms with Gasteiger partial charge in [0.15, 0.2) is 5.78 Å². The van der Waals surface area contributed by atoms with Crippen molar-refractivity contribution in [3.8, 4) is 0 Å². The van der Waals surface area contributed by atoms with Crippen LogP contribution in [-0.2, 0) is 0 Å². The minimum Gasteiger partial charge on any atom is -0.392 e. The van der Waals surface area contributed by atoms with E-state index in [-0.39, 0.29) is 12.4 Å². The van der Waals surface area contributed by atoms with Crippen LogP contribution in [0.25, 0.3) is 0 Å². The quantitative estimate of drug-likeness (QED) is 0.445. The number of hydrogen-bond acceptors (Lipinski definition) is 2. The van der Waals surface area contributed by atoms with Crippen LogP contribution in [0, 0.1) is 0 Å². The third-order valence-electron chi connectivity index (χ3n) is 4.04. The molecule has 1 aromatic carbocycles. The lowest BCUT2D eigenvalue weighted by molar-refractivity contribution is 0.0993. The predicted octanol–water partition coefficient (Wildman–Crippen LogP) is 5.65. The van der Waals surface area contributed by atoms with Gasteiger partial charge in [0.05, 0.1) is 6.61 Å². The van der Waals surface area contributed by atoms with Crippen LogP contribution in [-0.4, -0.2) is 17.5 Å². The Morgan fingerprint density at radius 3 is 2.00 bits per heavy atom. The summed E-state index contributed by atoms with van der Waals surface area (Å²) in [6, 6.07) is 9.47. The van der Waals surface area contributed by atoms with Crippen molar-refractivity contribution in [2.24, 2.45) is 0 Å². The molecule has 0 heterocycles. The molecule has 0 atom stereocenters. The Kier molecular flexibility index (Phi) is 9.71. The maximum atomic E-state index is 12.1. The topological polar surface area (TPSA) is 37.3 Å². The van der Waals surface area contributed by atoms with Crippen LogP contribution in [0.4, 0.5) is 0 Å². The molecule has 130 valence electrons. The second kappa shape index (κ2) is 11.6. The molecule has 2 nitrogen and oxygen atoms in total. The van der Waals surface area contributed by atoms with E-state index in [1.807, 2.05) is 43.3 Å². The fourth-order valence-electron chi connectivity index (χ4n) is 2.50. The molecule has 0 radical (unpaired) electrons. The van der Waals surface area contributed by atoms with Gasteiger partial charge in [-0.15, -0.1) is 0 Å². The Bertz CT molecular complexity index is 592. The van der Waals surface area contributed by atoms with Crippen LogP contribution in [0.1, 0.15) is 63.2 Å². The molecule has 0 aliphatic carbocycles. The summed E-state index contributed by atoms with van der Waals surface area (Å²) in [5.41, 5.74) is 4.54. The normalized spacial score (nSPS) is 13.2. The molecule has 0 saturated heterocycles. The van der Waals surface area contributed by atoms with Crippen molar-refractivity contribution in [1.29, 1.82) is 0 Å². The van der Waals surface area contributed by atoms with E-state index in [1.54, 1.807) is 0 Å². The van der Waals surface area contributed by atoms with Crippen LogP contribution in [0.15, 0.2) is 65.3 Å². The van der Waals surface area contributed by atoms with Gasteiger partial charge in [-0.1, -0.05) is 65.3 Å². The maximum Gasteiger partial charge on any atom is 0.166 e. The van der Waals surface area contributed by atoms with E-state index >= 15 is 0 Å². The summed E-state index contributed by atoms with van der Waals surface area (Å²) >= 11 is 0. The lowest BCUT2D eigenvalue weighted by Crippen LogP contribution is -1.99. The number of allylic oxidation sites excluding steroid dienone is 5. The first-order valence-electron chi connectivity index (χ1n) is 8.69. The zero-order valence-corrected chi connectivity index (χ0v) is 15.2. The van der Waals surface area contributed by atoms with Crippen molar-refractivity contribution in [2.75, 3.05) is 6.61 Å². The van der Waals surface area contributed by atoms with Crippen molar-refractivity contribution >= 4 is 5.78 Å². The average Bonchev–Trinajstić information content (AvgIpc) is 2.56. The lowest BCUT2D eigenvalue weighted by Gasteiger charge is -2.03. The Balaban J connectivity index is 2.35. The first kappa shape index (κ1) is 20.1. The van der Waals surface area contributed by atoms with Gasteiger partial charge in [-0.25, -0.2) is 0 Å². The van der Waals surface area contributed by atoms with Gasteiger partial charge < -0.3 is 5.11 Å². The summed E-state index contributed by atoms with van der Waals surface area (Å²) in [5, 5.41) is 8.83. The molecule has 0 fully saturated rings. The Morgan fingerprint density at radius 2 is 1.42 bits per heavy atom. The highest BCUT2D eigenvalue weighted by atomic mass is 16.2. The minimum absolute atomic E-state index is 0.125. The van der Waals surface area contributed by atoms with Crippen molar-refractivity contribution in [1.82, 2.24) is 0 Å². The number of hydrogen-bond donors (Lipinski definition) is 1. The number of ketones is 1. The average molecular weight is 326 g/mol. The van der Waals surface area contributed by atoms with Crippen LogP contribution < -0.4 is 0 Å². The molecule has 0 aromatic heterocycles. The smallest absolute Gasteiger partial charge is 0.166 e. The summed E-state index contributed by atoms with van der Waals surface area (Å²) < 4.78 is 0.